The fourth-order valence-corrected chi connectivity index (χ4v) is 1.88. The second-order valence-electron chi connectivity index (χ2n) is 4.53. The Morgan fingerprint density at radius 2 is 1.56 bits per heavy atom. The van der Waals surface area contributed by atoms with Crippen LogP contribution >= 0.6 is 0 Å². The van der Waals surface area contributed by atoms with Gasteiger partial charge in [-0.3, -0.25) is 9.47 Å². The molecule has 0 unspecified atom stereocenters. The molecule has 0 amide bonds. The zero-order chi connectivity index (χ0) is 11.4. The van der Waals surface area contributed by atoms with E-state index in [0.29, 0.717) is 0 Å². The first-order valence-electron chi connectivity index (χ1n) is 5.46. The van der Waals surface area contributed by atoms with Crippen molar-refractivity contribution in [2.24, 2.45) is 0 Å². The van der Waals surface area contributed by atoms with Crippen molar-refractivity contribution in [1.82, 2.24) is 9.47 Å². The maximum atomic E-state index is 4.06. The van der Waals surface area contributed by atoms with Gasteiger partial charge in [-0.05, 0) is 0 Å². The van der Waals surface area contributed by atoms with E-state index >= 15 is 0 Å². The molecule has 1 aromatic heterocycles. The average molecular weight is 213 g/mol. The van der Waals surface area contributed by atoms with Crippen molar-refractivity contribution in [3.05, 3.63) is 60.4 Å². The summed E-state index contributed by atoms with van der Waals surface area (Å²) in [5, 5.41) is 0. The van der Waals surface area contributed by atoms with E-state index < -0.39 is 0 Å². The maximum Gasteiger partial charge on any atom is 0.135 e. The Labute approximate surface area is 96.8 Å². The lowest BCUT2D eigenvalue weighted by molar-refractivity contribution is 0.391. The van der Waals surface area contributed by atoms with Crippen molar-refractivity contribution >= 4 is 5.69 Å². The van der Waals surface area contributed by atoms with E-state index in [-0.39, 0.29) is 0 Å². The van der Waals surface area contributed by atoms with Gasteiger partial charge in [0.1, 0.15) is 12.2 Å². The van der Waals surface area contributed by atoms with Crippen LogP contribution in [0.2, 0.25) is 0 Å². The highest BCUT2D eigenvalue weighted by Crippen LogP contribution is 2.20. The molecule has 0 bridgehead atoms. The van der Waals surface area contributed by atoms with E-state index in [4.69, 9.17) is 0 Å². The Bertz CT molecular complexity index is 435. The van der Waals surface area contributed by atoms with Gasteiger partial charge in [-0.15, -0.1) is 0 Å². The molecule has 2 heteroatoms. The summed E-state index contributed by atoms with van der Waals surface area (Å²) in [5.74, 6) is 0. The SMILES string of the molecule is C[N+](C)(Cc1ccccc1)c1ccncc1. The lowest BCUT2D eigenvalue weighted by Gasteiger charge is -2.29. The smallest absolute Gasteiger partial charge is 0.135 e. The predicted octanol–water partition coefficient (Wildman–Crippen LogP) is 2.85. The number of pyridine rings is 1. The molecule has 0 atom stereocenters. The first-order valence-corrected chi connectivity index (χ1v) is 5.46. The second kappa shape index (κ2) is 4.45. The fraction of sp³-hybridized carbons (Fsp3) is 0.214. The number of rotatable bonds is 3. The van der Waals surface area contributed by atoms with Gasteiger partial charge >= 0.3 is 0 Å². The monoisotopic (exact) mass is 213 g/mol. The van der Waals surface area contributed by atoms with E-state index in [9.17, 15) is 0 Å². The molecule has 0 spiro atoms. The second-order valence-corrected chi connectivity index (χ2v) is 4.53. The topological polar surface area (TPSA) is 12.9 Å². The molecule has 0 radical (unpaired) electrons. The number of hydrogen-bond acceptors (Lipinski definition) is 1. The summed E-state index contributed by atoms with van der Waals surface area (Å²) in [4.78, 5) is 4.06. The van der Waals surface area contributed by atoms with Gasteiger partial charge in [0.25, 0.3) is 0 Å². The summed E-state index contributed by atoms with van der Waals surface area (Å²) in [5.41, 5.74) is 2.63. The number of benzene rings is 1. The Morgan fingerprint density at radius 1 is 0.938 bits per heavy atom. The summed E-state index contributed by atoms with van der Waals surface area (Å²) in [6.07, 6.45) is 3.70. The highest BCUT2D eigenvalue weighted by atomic mass is 15.3. The van der Waals surface area contributed by atoms with Crippen LogP contribution in [0.3, 0.4) is 0 Å². The Hall–Kier alpha value is -1.67. The summed E-state index contributed by atoms with van der Waals surface area (Å²) in [6, 6.07) is 14.7. The van der Waals surface area contributed by atoms with Crippen molar-refractivity contribution in [1.29, 1.82) is 0 Å². The van der Waals surface area contributed by atoms with Gasteiger partial charge in [-0.1, -0.05) is 30.3 Å². The predicted molar refractivity (Wildman–Crippen MR) is 68.0 cm³/mol. The number of hydrogen-bond donors (Lipinski definition) is 0. The highest BCUT2D eigenvalue weighted by Gasteiger charge is 2.18. The first kappa shape index (κ1) is 10.8. The van der Waals surface area contributed by atoms with Gasteiger partial charge in [0.05, 0.1) is 14.1 Å². The third-order valence-electron chi connectivity index (χ3n) is 2.78. The maximum absolute atomic E-state index is 4.06. The molecule has 16 heavy (non-hydrogen) atoms. The molecule has 82 valence electrons. The van der Waals surface area contributed by atoms with Gasteiger partial charge < -0.3 is 0 Å². The molecule has 0 saturated carbocycles. The fourth-order valence-electron chi connectivity index (χ4n) is 1.88. The third-order valence-corrected chi connectivity index (χ3v) is 2.78. The highest BCUT2D eigenvalue weighted by molar-refractivity contribution is 5.40. The van der Waals surface area contributed by atoms with E-state index in [1.165, 1.54) is 11.3 Å². The van der Waals surface area contributed by atoms with Gasteiger partial charge in [0.15, 0.2) is 0 Å². The summed E-state index contributed by atoms with van der Waals surface area (Å²) in [6.45, 7) is 0.991. The minimum absolute atomic E-state index is 0.840. The summed E-state index contributed by atoms with van der Waals surface area (Å²) in [7, 11) is 4.42. The van der Waals surface area contributed by atoms with E-state index in [1.807, 2.05) is 12.4 Å². The average Bonchev–Trinajstić information content (AvgIpc) is 2.31. The largest absolute Gasteiger partial charge is 0.292 e. The van der Waals surface area contributed by atoms with Crippen LogP contribution in [0.15, 0.2) is 54.9 Å². The van der Waals surface area contributed by atoms with Gasteiger partial charge in [0.2, 0.25) is 0 Å². The van der Waals surface area contributed by atoms with Crippen molar-refractivity contribution in [2.45, 2.75) is 6.54 Å². The molecule has 1 heterocycles. The van der Waals surface area contributed by atoms with Gasteiger partial charge in [-0.25, -0.2) is 0 Å². The van der Waals surface area contributed by atoms with Crippen LogP contribution < -0.4 is 4.48 Å². The van der Waals surface area contributed by atoms with E-state index in [0.717, 1.165) is 11.0 Å². The van der Waals surface area contributed by atoms with Crippen LogP contribution in [-0.2, 0) is 6.54 Å². The molecule has 0 aliphatic carbocycles. The van der Waals surface area contributed by atoms with E-state index in [1.54, 1.807) is 0 Å². The molecule has 0 aliphatic rings. The Kier molecular flexibility index (Phi) is 3.02. The van der Waals surface area contributed by atoms with E-state index in [2.05, 4.69) is 61.5 Å². The van der Waals surface area contributed by atoms with Crippen molar-refractivity contribution in [2.75, 3.05) is 14.1 Å². The molecule has 0 saturated heterocycles. The Balaban J connectivity index is 2.21. The van der Waals surface area contributed by atoms with Crippen LogP contribution in [0.1, 0.15) is 5.56 Å². The first-order chi connectivity index (χ1) is 7.68. The summed E-state index contributed by atoms with van der Waals surface area (Å²) < 4.78 is 0.840. The lowest BCUT2D eigenvalue weighted by Crippen LogP contribution is -2.39. The minimum Gasteiger partial charge on any atom is -0.292 e. The van der Waals surface area contributed by atoms with Crippen LogP contribution in [0.5, 0.6) is 0 Å². The van der Waals surface area contributed by atoms with Crippen molar-refractivity contribution in [3.8, 4) is 0 Å². The Morgan fingerprint density at radius 3 is 2.19 bits per heavy atom. The molecular weight excluding hydrogens is 196 g/mol. The standard InChI is InChI=1S/C14H17N2/c1-16(2,14-8-10-15-11-9-14)12-13-6-4-3-5-7-13/h3-11H,12H2,1-2H3/q+1. The van der Waals surface area contributed by atoms with Gasteiger partial charge in [0, 0.05) is 30.1 Å². The van der Waals surface area contributed by atoms with Crippen LogP contribution in [0.25, 0.3) is 0 Å². The van der Waals surface area contributed by atoms with Crippen LogP contribution in [0, 0.1) is 0 Å². The van der Waals surface area contributed by atoms with Crippen LogP contribution in [0.4, 0.5) is 5.69 Å². The molecule has 2 aromatic rings. The minimum atomic E-state index is 0.840. The number of quaternary nitrogens is 1. The quantitative estimate of drug-likeness (QED) is 0.714. The molecular formula is C14H17N2+. The molecule has 0 aliphatic heterocycles. The van der Waals surface area contributed by atoms with Crippen molar-refractivity contribution < 1.29 is 0 Å². The molecule has 0 fully saturated rings. The molecule has 0 N–H and O–H groups in total. The van der Waals surface area contributed by atoms with Crippen LogP contribution in [-0.4, -0.2) is 19.1 Å². The lowest BCUT2D eigenvalue weighted by atomic mass is 10.2. The van der Waals surface area contributed by atoms with Crippen molar-refractivity contribution in [3.63, 3.8) is 0 Å². The zero-order valence-electron chi connectivity index (χ0n) is 9.80. The number of nitrogens with zero attached hydrogens (tertiary/aromatic N) is 2. The summed E-state index contributed by atoms with van der Waals surface area (Å²) >= 11 is 0. The van der Waals surface area contributed by atoms with Gasteiger partial charge in [-0.2, -0.15) is 0 Å². The normalized spacial score (nSPS) is 11.4. The molecule has 2 rings (SSSR count). The third kappa shape index (κ3) is 2.47. The zero-order valence-corrected chi connectivity index (χ0v) is 9.80. The number of aromatic nitrogens is 1. The molecule has 1 aromatic carbocycles. The molecule has 2 nitrogen and oxygen atoms in total.